The largest absolute Gasteiger partial charge is 0.340 e. The summed E-state index contributed by atoms with van der Waals surface area (Å²) in [5.41, 5.74) is 3.22. The van der Waals surface area contributed by atoms with E-state index in [0.717, 1.165) is 72.5 Å². The van der Waals surface area contributed by atoms with Crippen molar-refractivity contribution in [2.75, 3.05) is 19.6 Å². The maximum absolute atomic E-state index is 13.3. The van der Waals surface area contributed by atoms with Gasteiger partial charge < -0.3 is 4.90 Å². The molecule has 1 fully saturated rings. The predicted octanol–water partition coefficient (Wildman–Crippen LogP) is 5.65. The molecule has 0 saturated carbocycles. The van der Waals surface area contributed by atoms with Gasteiger partial charge in [-0.15, -0.1) is 0 Å². The number of imidazole rings is 1. The van der Waals surface area contributed by atoms with Crippen LogP contribution in [-0.2, 0) is 11.3 Å². The van der Waals surface area contributed by atoms with Gasteiger partial charge in [0.25, 0.3) is 0 Å². The second kappa shape index (κ2) is 10.2. The monoisotopic (exact) mass is 496 g/mol. The summed E-state index contributed by atoms with van der Waals surface area (Å²) < 4.78 is 3.32. The van der Waals surface area contributed by atoms with E-state index in [4.69, 9.17) is 4.98 Å². The summed E-state index contributed by atoms with van der Waals surface area (Å²) >= 11 is 3.54. The van der Waals surface area contributed by atoms with E-state index < -0.39 is 0 Å². The summed E-state index contributed by atoms with van der Waals surface area (Å²) in [6.45, 7) is 9.76. The Balaban J connectivity index is 1.59. The van der Waals surface area contributed by atoms with E-state index in [0.29, 0.717) is 5.91 Å². The lowest BCUT2D eigenvalue weighted by Crippen LogP contribution is -2.47. The highest BCUT2D eigenvalue weighted by atomic mass is 79.9. The van der Waals surface area contributed by atoms with Crippen LogP contribution in [0.5, 0.6) is 0 Å². The van der Waals surface area contributed by atoms with Gasteiger partial charge in [-0.2, -0.15) is 0 Å². The number of carbonyl (C=O) groups excluding carboxylic acids is 1. The summed E-state index contributed by atoms with van der Waals surface area (Å²) in [5.74, 6) is 1.41. The van der Waals surface area contributed by atoms with Crippen LogP contribution < -0.4 is 0 Å². The topological polar surface area (TPSA) is 41.4 Å². The molecule has 0 radical (unpaired) electrons. The fraction of sp³-hybridized carbons (Fsp3) is 0.462. The molecule has 1 saturated heterocycles. The third-order valence-corrected chi connectivity index (χ3v) is 6.83. The highest BCUT2D eigenvalue weighted by molar-refractivity contribution is 9.10. The molecule has 4 rings (SSSR count). The van der Waals surface area contributed by atoms with E-state index >= 15 is 0 Å². The minimum atomic E-state index is 0.0724. The van der Waals surface area contributed by atoms with E-state index in [-0.39, 0.29) is 12.0 Å². The SMILES string of the molecule is CCCN(C(=O)[C@H]1CCCN(Cc2nc3ccccc3n2-c2ccc(Br)cc2)C1)C(C)C. The molecule has 1 amide bonds. The Morgan fingerprint density at radius 2 is 1.94 bits per heavy atom. The third-order valence-electron chi connectivity index (χ3n) is 6.31. The number of aromatic nitrogens is 2. The maximum Gasteiger partial charge on any atom is 0.227 e. The Labute approximate surface area is 199 Å². The molecule has 1 atom stereocenters. The maximum atomic E-state index is 13.3. The number of likely N-dealkylation sites (tertiary alicyclic amines) is 1. The number of amides is 1. The van der Waals surface area contributed by atoms with Crippen molar-refractivity contribution in [3.63, 3.8) is 0 Å². The number of nitrogens with zero attached hydrogens (tertiary/aromatic N) is 4. The van der Waals surface area contributed by atoms with Crippen LogP contribution >= 0.6 is 15.9 Å². The molecule has 0 N–H and O–H groups in total. The van der Waals surface area contributed by atoms with Gasteiger partial charge >= 0.3 is 0 Å². The van der Waals surface area contributed by atoms with Crippen molar-refractivity contribution in [3.8, 4) is 5.69 Å². The number of rotatable bonds is 7. The summed E-state index contributed by atoms with van der Waals surface area (Å²) in [6.07, 6.45) is 3.02. The molecule has 32 heavy (non-hydrogen) atoms. The summed E-state index contributed by atoms with van der Waals surface area (Å²) in [4.78, 5) is 22.7. The molecule has 1 aliphatic rings. The molecule has 0 unspecified atom stereocenters. The lowest BCUT2D eigenvalue weighted by atomic mass is 9.95. The standard InChI is InChI=1S/C26H33BrN4O/c1-4-15-30(19(2)3)26(32)20-8-7-16-29(17-20)18-25-28-23-9-5-6-10-24(23)31(25)22-13-11-21(27)12-14-22/h5-6,9-14,19-20H,4,7-8,15-18H2,1-3H3/t20-/m0/s1. The average Bonchev–Trinajstić information content (AvgIpc) is 3.15. The van der Waals surface area contributed by atoms with Crippen LogP contribution in [0.2, 0.25) is 0 Å². The van der Waals surface area contributed by atoms with Gasteiger partial charge in [-0.25, -0.2) is 4.98 Å². The fourth-order valence-corrected chi connectivity index (χ4v) is 5.02. The first kappa shape index (κ1) is 23.0. The Bertz CT molecular complexity index is 1060. The van der Waals surface area contributed by atoms with Crippen molar-refractivity contribution in [2.24, 2.45) is 5.92 Å². The van der Waals surface area contributed by atoms with Crippen molar-refractivity contribution >= 4 is 32.9 Å². The van der Waals surface area contributed by atoms with Crippen LogP contribution in [-0.4, -0.2) is 50.9 Å². The molecule has 170 valence electrons. The Morgan fingerprint density at radius 1 is 1.19 bits per heavy atom. The van der Waals surface area contributed by atoms with E-state index in [1.54, 1.807) is 0 Å². The minimum Gasteiger partial charge on any atom is -0.340 e. The van der Waals surface area contributed by atoms with Gasteiger partial charge in [0.15, 0.2) is 0 Å². The number of piperidine rings is 1. The van der Waals surface area contributed by atoms with Crippen LogP contribution in [0, 0.1) is 5.92 Å². The zero-order valence-electron chi connectivity index (χ0n) is 19.3. The second-order valence-corrected chi connectivity index (χ2v) is 9.94. The number of fused-ring (bicyclic) bond motifs is 1. The molecular formula is C26H33BrN4O. The molecular weight excluding hydrogens is 464 g/mol. The first-order chi connectivity index (χ1) is 15.5. The summed E-state index contributed by atoms with van der Waals surface area (Å²) in [6, 6.07) is 16.9. The van der Waals surface area contributed by atoms with Crippen LogP contribution in [0.1, 0.15) is 45.9 Å². The predicted molar refractivity (Wildman–Crippen MR) is 134 cm³/mol. The molecule has 1 aromatic heterocycles. The van der Waals surface area contributed by atoms with Gasteiger partial charge in [-0.05, 0) is 76.1 Å². The molecule has 5 nitrogen and oxygen atoms in total. The molecule has 2 aromatic carbocycles. The number of para-hydroxylation sites is 2. The van der Waals surface area contributed by atoms with E-state index in [1.165, 1.54) is 0 Å². The van der Waals surface area contributed by atoms with Crippen molar-refractivity contribution in [1.82, 2.24) is 19.4 Å². The zero-order chi connectivity index (χ0) is 22.7. The Morgan fingerprint density at radius 3 is 2.66 bits per heavy atom. The number of carbonyl (C=O) groups is 1. The smallest absolute Gasteiger partial charge is 0.227 e. The van der Waals surface area contributed by atoms with Gasteiger partial charge in [0.2, 0.25) is 5.91 Å². The third kappa shape index (κ3) is 4.91. The molecule has 0 aliphatic carbocycles. The van der Waals surface area contributed by atoms with Crippen molar-refractivity contribution in [3.05, 3.63) is 58.8 Å². The van der Waals surface area contributed by atoms with E-state index in [1.807, 2.05) is 6.07 Å². The highest BCUT2D eigenvalue weighted by Crippen LogP contribution is 2.26. The number of benzene rings is 2. The molecule has 6 heteroatoms. The summed E-state index contributed by atoms with van der Waals surface area (Å²) in [5, 5.41) is 0. The lowest BCUT2D eigenvalue weighted by molar-refractivity contribution is -0.139. The minimum absolute atomic E-state index is 0.0724. The average molecular weight is 497 g/mol. The number of halogens is 1. The zero-order valence-corrected chi connectivity index (χ0v) is 20.9. The molecule has 2 heterocycles. The van der Waals surface area contributed by atoms with Crippen molar-refractivity contribution in [1.29, 1.82) is 0 Å². The van der Waals surface area contributed by atoms with E-state index in [9.17, 15) is 4.79 Å². The Hall–Kier alpha value is -2.18. The summed E-state index contributed by atoms with van der Waals surface area (Å²) in [7, 11) is 0. The van der Waals surface area contributed by atoms with Crippen molar-refractivity contribution < 1.29 is 4.79 Å². The normalized spacial score (nSPS) is 17.2. The van der Waals surface area contributed by atoms with E-state index in [2.05, 4.69) is 93.5 Å². The van der Waals surface area contributed by atoms with Crippen LogP contribution in [0.25, 0.3) is 16.7 Å². The molecule has 3 aromatic rings. The van der Waals surface area contributed by atoms with Crippen LogP contribution in [0.4, 0.5) is 0 Å². The van der Waals surface area contributed by atoms with Gasteiger partial charge in [-0.3, -0.25) is 14.3 Å². The number of hydrogen-bond donors (Lipinski definition) is 0. The molecule has 0 bridgehead atoms. The van der Waals surface area contributed by atoms with Gasteiger partial charge in [0.05, 0.1) is 23.5 Å². The quantitative estimate of drug-likeness (QED) is 0.424. The number of hydrogen-bond acceptors (Lipinski definition) is 3. The van der Waals surface area contributed by atoms with Crippen LogP contribution in [0.15, 0.2) is 53.0 Å². The highest BCUT2D eigenvalue weighted by Gasteiger charge is 2.30. The first-order valence-electron chi connectivity index (χ1n) is 11.7. The second-order valence-electron chi connectivity index (χ2n) is 9.03. The Kier molecular flexibility index (Phi) is 7.31. The van der Waals surface area contributed by atoms with Crippen LogP contribution in [0.3, 0.4) is 0 Å². The van der Waals surface area contributed by atoms with Gasteiger partial charge in [-0.1, -0.05) is 35.0 Å². The molecule has 1 aliphatic heterocycles. The van der Waals surface area contributed by atoms with Gasteiger partial charge in [0.1, 0.15) is 5.82 Å². The van der Waals surface area contributed by atoms with Crippen molar-refractivity contribution in [2.45, 2.75) is 52.6 Å². The lowest BCUT2D eigenvalue weighted by Gasteiger charge is -2.36. The van der Waals surface area contributed by atoms with Gasteiger partial charge in [0, 0.05) is 29.3 Å². The first-order valence-corrected chi connectivity index (χ1v) is 12.5. The molecule has 0 spiro atoms. The fourth-order valence-electron chi connectivity index (χ4n) is 4.76.